The van der Waals surface area contributed by atoms with Gasteiger partial charge in [-0.1, -0.05) is 23.8 Å². The Bertz CT molecular complexity index is 847. The van der Waals surface area contributed by atoms with Crippen molar-refractivity contribution in [3.8, 4) is 0 Å². The van der Waals surface area contributed by atoms with Gasteiger partial charge in [0.05, 0.1) is 6.04 Å². The summed E-state index contributed by atoms with van der Waals surface area (Å²) in [5.74, 6) is -1.09. The Morgan fingerprint density at radius 2 is 1.87 bits per heavy atom. The minimum atomic E-state index is -3.61. The number of carbonyl (C=O) groups is 1. The number of sulfone groups is 1. The minimum Gasteiger partial charge on any atom is -0.346 e. The summed E-state index contributed by atoms with van der Waals surface area (Å²) < 4.78 is 36.8. The quantitative estimate of drug-likeness (QED) is 0.934. The van der Waals surface area contributed by atoms with Gasteiger partial charge in [0, 0.05) is 11.8 Å². The van der Waals surface area contributed by atoms with Crippen molar-refractivity contribution < 1.29 is 17.6 Å². The second-order valence-electron chi connectivity index (χ2n) is 5.53. The summed E-state index contributed by atoms with van der Waals surface area (Å²) in [6.45, 7) is 3.60. The largest absolute Gasteiger partial charge is 0.346 e. The highest BCUT2D eigenvalue weighted by molar-refractivity contribution is 7.90. The van der Waals surface area contributed by atoms with Crippen LogP contribution in [0.15, 0.2) is 47.4 Å². The van der Waals surface area contributed by atoms with Crippen LogP contribution in [0.2, 0.25) is 0 Å². The standard InChI is InChI=1S/C17H18FNO3S/c1-11-5-4-6-14(9-11)17(20)19-12(2)13-7-8-16(15(18)10-13)23(3,21)22/h4-10,12H,1-3H3,(H,19,20)/t12-/m0/s1. The van der Waals surface area contributed by atoms with Gasteiger partial charge in [0.25, 0.3) is 5.91 Å². The summed E-state index contributed by atoms with van der Waals surface area (Å²) in [5, 5.41) is 2.77. The zero-order valence-electron chi connectivity index (χ0n) is 13.1. The van der Waals surface area contributed by atoms with Crippen LogP contribution < -0.4 is 5.32 Å². The third-order valence-electron chi connectivity index (χ3n) is 3.48. The van der Waals surface area contributed by atoms with Crippen LogP contribution in [-0.2, 0) is 9.84 Å². The van der Waals surface area contributed by atoms with Crippen LogP contribution in [0.4, 0.5) is 4.39 Å². The molecule has 0 aliphatic heterocycles. The molecule has 0 saturated carbocycles. The molecule has 0 bridgehead atoms. The van der Waals surface area contributed by atoms with Crippen LogP contribution >= 0.6 is 0 Å². The minimum absolute atomic E-state index is 0.270. The van der Waals surface area contributed by atoms with E-state index in [9.17, 15) is 17.6 Å². The summed E-state index contributed by atoms with van der Waals surface area (Å²) in [5.41, 5.74) is 1.98. The molecule has 2 aromatic carbocycles. The molecule has 23 heavy (non-hydrogen) atoms. The van der Waals surface area contributed by atoms with Crippen molar-refractivity contribution >= 4 is 15.7 Å². The van der Waals surface area contributed by atoms with E-state index in [0.29, 0.717) is 11.1 Å². The molecule has 6 heteroatoms. The van der Waals surface area contributed by atoms with Crippen molar-refractivity contribution in [2.75, 3.05) is 6.26 Å². The molecule has 0 aromatic heterocycles. The molecule has 0 aliphatic rings. The fourth-order valence-corrected chi connectivity index (χ4v) is 2.97. The molecule has 4 nitrogen and oxygen atoms in total. The number of rotatable bonds is 4. The van der Waals surface area contributed by atoms with Crippen LogP contribution in [0.3, 0.4) is 0 Å². The SMILES string of the molecule is Cc1cccc(C(=O)N[C@@H](C)c2ccc(S(C)(=O)=O)c(F)c2)c1. The summed E-state index contributed by atoms with van der Waals surface area (Å²) in [7, 11) is -3.61. The average molecular weight is 335 g/mol. The van der Waals surface area contributed by atoms with E-state index in [0.717, 1.165) is 17.9 Å². The smallest absolute Gasteiger partial charge is 0.251 e. The maximum atomic E-state index is 13.9. The third-order valence-corrected chi connectivity index (χ3v) is 4.61. The van der Waals surface area contributed by atoms with E-state index in [1.165, 1.54) is 12.1 Å². The van der Waals surface area contributed by atoms with Gasteiger partial charge >= 0.3 is 0 Å². The Morgan fingerprint density at radius 1 is 1.17 bits per heavy atom. The third kappa shape index (κ3) is 4.16. The lowest BCUT2D eigenvalue weighted by Gasteiger charge is -2.15. The van der Waals surface area contributed by atoms with E-state index in [1.54, 1.807) is 25.1 Å². The van der Waals surface area contributed by atoms with Crippen molar-refractivity contribution in [3.63, 3.8) is 0 Å². The zero-order valence-corrected chi connectivity index (χ0v) is 13.9. The van der Waals surface area contributed by atoms with Gasteiger partial charge in [-0.2, -0.15) is 0 Å². The zero-order chi connectivity index (χ0) is 17.2. The van der Waals surface area contributed by atoms with Crippen molar-refractivity contribution in [2.45, 2.75) is 24.8 Å². The topological polar surface area (TPSA) is 63.2 Å². The number of hydrogen-bond donors (Lipinski definition) is 1. The molecule has 0 radical (unpaired) electrons. The van der Waals surface area contributed by atoms with Crippen molar-refractivity contribution in [1.29, 1.82) is 0 Å². The average Bonchev–Trinajstić information content (AvgIpc) is 2.45. The molecule has 0 fully saturated rings. The lowest BCUT2D eigenvalue weighted by atomic mass is 10.1. The number of aryl methyl sites for hydroxylation is 1. The lowest BCUT2D eigenvalue weighted by Crippen LogP contribution is -2.26. The number of carbonyl (C=O) groups excluding carboxylic acids is 1. The predicted octanol–water partition coefficient (Wildman–Crippen LogP) is 3.03. The van der Waals surface area contributed by atoms with Crippen LogP contribution in [-0.4, -0.2) is 20.6 Å². The molecular weight excluding hydrogens is 317 g/mol. The second kappa shape index (κ2) is 6.50. The molecule has 2 rings (SSSR count). The molecule has 1 amide bonds. The van der Waals surface area contributed by atoms with Gasteiger partial charge in [-0.3, -0.25) is 4.79 Å². The first-order chi connectivity index (χ1) is 10.7. The normalized spacial score (nSPS) is 12.7. The van der Waals surface area contributed by atoms with E-state index in [-0.39, 0.29) is 10.8 Å². The van der Waals surface area contributed by atoms with Crippen LogP contribution in [0, 0.1) is 12.7 Å². The number of amides is 1. The predicted molar refractivity (Wildman–Crippen MR) is 86.6 cm³/mol. The Kier molecular flexibility index (Phi) is 4.85. The Balaban J connectivity index is 2.19. The Labute approximate surface area is 135 Å². The Morgan fingerprint density at radius 3 is 2.43 bits per heavy atom. The fourth-order valence-electron chi connectivity index (χ4n) is 2.24. The van der Waals surface area contributed by atoms with Crippen LogP contribution in [0.1, 0.15) is 34.5 Å². The number of nitrogens with one attached hydrogen (secondary N) is 1. The van der Waals surface area contributed by atoms with E-state index in [1.807, 2.05) is 13.0 Å². The molecule has 122 valence electrons. The molecular formula is C17H18FNO3S. The first-order valence-corrected chi connectivity index (χ1v) is 8.94. The molecule has 2 aromatic rings. The summed E-state index contributed by atoms with van der Waals surface area (Å²) >= 11 is 0. The van der Waals surface area contributed by atoms with Gasteiger partial charge < -0.3 is 5.32 Å². The van der Waals surface area contributed by atoms with Crippen molar-refractivity contribution in [2.24, 2.45) is 0 Å². The highest BCUT2D eigenvalue weighted by atomic mass is 32.2. The Hall–Kier alpha value is -2.21. The molecule has 1 N–H and O–H groups in total. The van der Waals surface area contributed by atoms with Gasteiger partial charge in [-0.25, -0.2) is 12.8 Å². The van der Waals surface area contributed by atoms with Gasteiger partial charge in [0.2, 0.25) is 0 Å². The molecule has 0 aliphatic carbocycles. The van der Waals surface area contributed by atoms with Crippen LogP contribution in [0.5, 0.6) is 0 Å². The molecule has 0 spiro atoms. The number of benzene rings is 2. The monoisotopic (exact) mass is 335 g/mol. The maximum absolute atomic E-state index is 13.9. The second-order valence-corrected chi connectivity index (χ2v) is 7.51. The van der Waals surface area contributed by atoms with Gasteiger partial charge in [0.1, 0.15) is 10.7 Å². The van der Waals surface area contributed by atoms with Gasteiger partial charge in [0.15, 0.2) is 9.84 Å². The first-order valence-electron chi connectivity index (χ1n) is 7.05. The molecule has 1 atom stereocenters. The van der Waals surface area contributed by atoms with Crippen molar-refractivity contribution in [3.05, 3.63) is 65.0 Å². The van der Waals surface area contributed by atoms with Gasteiger partial charge in [-0.05, 0) is 43.7 Å². The van der Waals surface area contributed by atoms with E-state index in [4.69, 9.17) is 0 Å². The van der Waals surface area contributed by atoms with Gasteiger partial charge in [-0.15, -0.1) is 0 Å². The molecule has 0 unspecified atom stereocenters. The van der Waals surface area contributed by atoms with E-state index in [2.05, 4.69) is 5.32 Å². The molecule has 0 heterocycles. The molecule has 0 saturated heterocycles. The summed E-state index contributed by atoms with van der Waals surface area (Å²) in [6, 6.07) is 10.5. The van der Waals surface area contributed by atoms with E-state index >= 15 is 0 Å². The lowest BCUT2D eigenvalue weighted by molar-refractivity contribution is 0.0939. The maximum Gasteiger partial charge on any atom is 0.251 e. The van der Waals surface area contributed by atoms with Crippen molar-refractivity contribution in [1.82, 2.24) is 5.32 Å². The summed E-state index contributed by atoms with van der Waals surface area (Å²) in [4.78, 5) is 11.8. The highest BCUT2D eigenvalue weighted by Gasteiger charge is 2.17. The number of hydrogen-bond acceptors (Lipinski definition) is 3. The van der Waals surface area contributed by atoms with Crippen LogP contribution in [0.25, 0.3) is 0 Å². The summed E-state index contributed by atoms with van der Waals surface area (Å²) in [6.07, 6.45) is 0.952. The number of halogens is 1. The first kappa shape index (κ1) is 17.1. The fraction of sp³-hybridized carbons (Fsp3) is 0.235. The van der Waals surface area contributed by atoms with E-state index < -0.39 is 21.7 Å². The highest BCUT2D eigenvalue weighted by Crippen LogP contribution is 2.20.